The molecule has 1 aliphatic rings. The molecular weight excluding hydrogens is 234 g/mol. The highest BCUT2D eigenvalue weighted by Crippen LogP contribution is 2.11. The number of likely N-dealkylation sites (tertiary alicyclic amines) is 1. The molecule has 0 aliphatic carbocycles. The maximum absolute atomic E-state index is 4.15. The van der Waals surface area contributed by atoms with Crippen LogP contribution in [0.15, 0.2) is 36.2 Å². The van der Waals surface area contributed by atoms with Gasteiger partial charge in [0.25, 0.3) is 0 Å². The summed E-state index contributed by atoms with van der Waals surface area (Å²) in [6.07, 6.45) is 8.58. The molecule has 19 heavy (non-hydrogen) atoms. The smallest absolute Gasteiger partial charge is 0.0312 e. The van der Waals surface area contributed by atoms with Crippen LogP contribution in [0.4, 0.5) is 0 Å². The van der Waals surface area contributed by atoms with Gasteiger partial charge in [-0.2, -0.15) is 0 Å². The average molecular weight is 259 g/mol. The zero-order chi connectivity index (χ0) is 13.5. The number of aromatic nitrogens is 1. The molecule has 0 bridgehead atoms. The molecule has 0 radical (unpaired) electrons. The lowest BCUT2D eigenvalue weighted by Gasteiger charge is -2.31. The van der Waals surface area contributed by atoms with Crippen LogP contribution in [-0.4, -0.2) is 35.6 Å². The Balaban J connectivity index is 1.68. The summed E-state index contributed by atoms with van der Waals surface area (Å²) in [4.78, 5) is 6.68. The van der Waals surface area contributed by atoms with E-state index in [9.17, 15) is 0 Å². The van der Waals surface area contributed by atoms with Gasteiger partial charge in [0.2, 0.25) is 0 Å². The Morgan fingerprint density at radius 1 is 1.42 bits per heavy atom. The van der Waals surface area contributed by atoms with E-state index in [0.29, 0.717) is 6.04 Å². The van der Waals surface area contributed by atoms with Crippen LogP contribution in [-0.2, 0) is 6.54 Å². The van der Waals surface area contributed by atoms with Crippen LogP contribution in [0.1, 0.15) is 32.3 Å². The van der Waals surface area contributed by atoms with E-state index in [1.807, 2.05) is 18.5 Å². The van der Waals surface area contributed by atoms with Crippen molar-refractivity contribution >= 4 is 0 Å². The zero-order valence-corrected chi connectivity index (χ0v) is 12.1. The van der Waals surface area contributed by atoms with Gasteiger partial charge in [-0.05, 0) is 51.4 Å². The summed E-state index contributed by atoms with van der Waals surface area (Å²) >= 11 is 0. The van der Waals surface area contributed by atoms with E-state index in [4.69, 9.17) is 0 Å². The van der Waals surface area contributed by atoms with Crippen molar-refractivity contribution in [3.63, 3.8) is 0 Å². The van der Waals surface area contributed by atoms with Crippen LogP contribution in [0.2, 0.25) is 0 Å². The Hall–Kier alpha value is -1.19. The number of nitrogens with zero attached hydrogens (tertiary/aromatic N) is 2. The van der Waals surface area contributed by atoms with Gasteiger partial charge in [0.05, 0.1) is 0 Å². The Morgan fingerprint density at radius 2 is 2.21 bits per heavy atom. The van der Waals surface area contributed by atoms with E-state index < -0.39 is 0 Å². The number of piperidine rings is 1. The van der Waals surface area contributed by atoms with Gasteiger partial charge in [0.15, 0.2) is 0 Å². The van der Waals surface area contributed by atoms with Gasteiger partial charge in [-0.3, -0.25) is 9.88 Å². The maximum Gasteiger partial charge on any atom is 0.0312 e. The minimum atomic E-state index is 0.656. The van der Waals surface area contributed by atoms with Crippen LogP contribution in [0.5, 0.6) is 0 Å². The molecule has 1 aromatic heterocycles. The first-order valence-electron chi connectivity index (χ1n) is 7.22. The fourth-order valence-corrected chi connectivity index (χ4v) is 2.40. The number of rotatable bonds is 5. The molecule has 1 saturated heterocycles. The molecule has 1 aromatic rings. The molecule has 104 valence electrons. The lowest BCUT2D eigenvalue weighted by molar-refractivity contribution is 0.214. The van der Waals surface area contributed by atoms with Crippen molar-refractivity contribution in [2.24, 2.45) is 0 Å². The fourth-order valence-electron chi connectivity index (χ4n) is 2.40. The van der Waals surface area contributed by atoms with E-state index in [-0.39, 0.29) is 0 Å². The third-order valence-corrected chi connectivity index (χ3v) is 3.66. The quantitative estimate of drug-likeness (QED) is 0.824. The van der Waals surface area contributed by atoms with Crippen molar-refractivity contribution in [2.75, 3.05) is 19.6 Å². The second-order valence-electron chi connectivity index (χ2n) is 5.60. The lowest BCUT2D eigenvalue weighted by atomic mass is 10.0. The van der Waals surface area contributed by atoms with Crippen LogP contribution < -0.4 is 5.32 Å². The summed E-state index contributed by atoms with van der Waals surface area (Å²) < 4.78 is 0. The number of hydrogen-bond donors (Lipinski definition) is 1. The summed E-state index contributed by atoms with van der Waals surface area (Å²) in [5.74, 6) is 0. The summed E-state index contributed by atoms with van der Waals surface area (Å²) in [6, 6.07) is 4.78. The van der Waals surface area contributed by atoms with Crippen molar-refractivity contribution in [2.45, 2.75) is 39.3 Å². The van der Waals surface area contributed by atoms with Gasteiger partial charge in [-0.25, -0.2) is 0 Å². The molecule has 0 saturated carbocycles. The molecule has 0 aromatic carbocycles. The third-order valence-electron chi connectivity index (χ3n) is 3.66. The minimum Gasteiger partial charge on any atom is -0.310 e. The summed E-state index contributed by atoms with van der Waals surface area (Å²) in [5.41, 5.74) is 2.69. The summed E-state index contributed by atoms with van der Waals surface area (Å²) in [5, 5.41) is 3.64. The highest BCUT2D eigenvalue weighted by Gasteiger charge is 2.17. The van der Waals surface area contributed by atoms with Crippen molar-refractivity contribution in [3.8, 4) is 0 Å². The zero-order valence-electron chi connectivity index (χ0n) is 12.1. The Morgan fingerprint density at radius 3 is 2.84 bits per heavy atom. The minimum absolute atomic E-state index is 0.656. The van der Waals surface area contributed by atoms with Crippen LogP contribution in [0, 0.1) is 0 Å². The molecule has 3 nitrogen and oxygen atoms in total. The number of hydrogen-bond acceptors (Lipinski definition) is 3. The van der Waals surface area contributed by atoms with Crippen molar-refractivity contribution < 1.29 is 0 Å². The van der Waals surface area contributed by atoms with Crippen molar-refractivity contribution in [1.82, 2.24) is 15.2 Å². The van der Waals surface area contributed by atoms with E-state index in [0.717, 1.165) is 13.1 Å². The molecular formula is C16H25N3. The SMILES string of the molecule is CC(C)=CCN1CCC(NCc2cccnc2)CC1. The third kappa shape index (κ3) is 5.13. The van der Waals surface area contributed by atoms with E-state index in [2.05, 4.69) is 41.2 Å². The molecule has 0 unspecified atom stereocenters. The van der Waals surface area contributed by atoms with Gasteiger partial charge in [0, 0.05) is 31.5 Å². The first-order valence-corrected chi connectivity index (χ1v) is 7.22. The molecule has 3 heteroatoms. The van der Waals surface area contributed by atoms with Gasteiger partial charge in [-0.1, -0.05) is 17.7 Å². The molecule has 2 heterocycles. The first-order chi connectivity index (χ1) is 9.24. The number of nitrogens with one attached hydrogen (secondary N) is 1. The Labute approximate surface area is 116 Å². The first kappa shape index (κ1) is 14.2. The predicted molar refractivity (Wildman–Crippen MR) is 80.0 cm³/mol. The summed E-state index contributed by atoms with van der Waals surface area (Å²) in [6.45, 7) is 8.79. The number of pyridine rings is 1. The van der Waals surface area contributed by atoms with Gasteiger partial charge in [-0.15, -0.1) is 0 Å². The van der Waals surface area contributed by atoms with Gasteiger partial charge < -0.3 is 5.32 Å². The molecule has 1 fully saturated rings. The molecule has 0 amide bonds. The normalized spacial score (nSPS) is 17.4. The highest BCUT2D eigenvalue weighted by atomic mass is 15.1. The summed E-state index contributed by atoms with van der Waals surface area (Å²) in [7, 11) is 0. The van der Waals surface area contributed by atoms with Crippen molar-refractivity contribution in [3.05, 3.63) is 41.7 Å². The molecule has 1 aliphatic heterocycles. The largest absolute Gasteiger partial charge is 0.310 e. The van der Waals surface area contributed by atoms with E-state index in [1.54, 1.807) is 0 Å². The van der Waals surface area contributed by atoms with Crippen LogP contribution in [0.25, 0.3) is 0 Å². The van der Waals surface area contributed by atoms with Crippen LogP contribution >= 0.6 is 0 Å². The van der Waals surface area contributed by atoms with E-state index >= 15 is 0 Å². The topological polar surface area (TPSA) is 28.2 Å². The van der Waals surface area contributed by atoms with Crippen molar-refractivity contribution in [1.29, 1.82) is 0 Å². The molecule has 1 N–H and O–H groups in total. The fraction of sp³-hybridized carbons (Fsp3) is 0.562. The maximum atomic E-state index is 4.15. The monoisotopic (exact) mass is 259 g/mol. The van der Waals surface area contributed by atoms with E-state index in [1.165, 1.54) is 37.1 Å². The predicted octanol–water partition coefficient (Wildman–Crippen LogP) is 2.60. The van der Waals surface area contributed by atoms with Crippen LogP contribution in [0.3, 0.4) is 0 Å². The lowest BCUT2D eigenvalue weighted by Crippen LogP contribution is -2.42. The van der Waals surface area contributed by atoms with Gasteiger partial charge >= 0.3 is 0 Å². The Kier molecular flexibility index (Phi) is 5.55. The second kappa shape index (κ2) is 7.41. The standard InChI is InChI=1S/C16H25N3/c1-14(2)5-9-19-10-6-16(7-11-19)18-13-15-4-3-8-17-12-15/h3-5,8,12,16,18H,6-7,9-11,13H2,1-2H3. The highest BCUT2D eigenvalue weighted by molar-refractivity contribution is 5.08. The molecule has 0 atom stereocenters. The molecule has 0 spiro atoms. The average Bonchev–Trinajstić information content (AvgIpc) is 2.45. The number of allylic oxidation sites excluding steroid dienone is 1. The van der Waals surface area contributed by atoms with Gasteiger partial charge in [0.1, 0.15) is 0 Å². The molecule has 2 rings (SSSR count). The Bertz CT molecular complexity index is 388. The second-order valence-corrected chi connectivity index (χ2v) is 5.60.